The number of carboxylic acids is 1. The van der Waals surface area contributed by atoms with E-state index in [4.69, 9.17) is 5.11 Å². The number of benzene rings is 2. The predicted molar refractivity (Wildman–Crippen MR) is 95.0 cm³/mol. The smallest absolute Gasteiger partial charge is 0.335 e. The first-order chi connectivity index (χ1) is 11.9. The fraction of sp³-hybridized carbons (Fsp3) is 0.105. The zero-order valence-electron chi connectivity index (χ0n) is 13.7. The molecule has 0 saturated carbocycles. The standard InChI is InChI=1S/C19H15N3O3/c1-21-16-8-3-12(10-17(16)22(2)19(21)25)9-15(11-20)13-4-6-14(7-5-13)18(23)24/h3-10H,1-2H3,(H,23,24)/b15-9-. The van der Waals surface area contributed by atoms with Crippen LogP contribution >= 0.6 is 0 Å². The summed E-state index contributed by atoms with van der Waals surface area (Å²) < 4.78 is 3.12. The highest BCUT2D eigenvalue weighted by Gasteiger charge is 2.09. The Morgan fingerprint density at radius 1 is 1.04 bits per heavy atom. The number of nitriles is 1. The fourth-order valence-electron chi connectivity index (χ4n) is 2.75. The number of hydrogen-bond donors (Lipinski definition) is 1. The van der Waals surface area contributed by atoms with Crippen LogP contribution in [0.15, 0.2) is 47.3 Å². The van der Waals surface area contributed by atoms with Crippen LogP contribution in [-0.2, 0) is 14.1 Å². The van der Waals surface area contributed by atoms with Crippen LogP contribution in [0.4, 0.5) is 0 Å². The fourth-order valence-corrected chi connectivity index (χ4v) is 2.75. The van der Waals surface area contributed by atoms with E-state index in [1.54, 1.807) is 41.4 Å². The normalized spacial score (nSPS) is 11.5. The Labute approximate surface area is 143 Å². The van der Waals surface area contributed by atoms with Gasteiger partial charge in [0.1, 0.15) is 0 Å². The lowest BCUT2D eigenvalue weighted by molar-refractivity contribution is 0.0697. The second-order valence-corrected chi connectivity index (χ2v) is 5.70. The molecule has 0 fully saturated rings. The molecule has 3 aromatic rings. The second-order valence-electron chi connectivity index (χ2n) is 5.70. The van der Waals surface area contributed by atoms with E-state index >= 15 is 0 Å². The number of aryl methyl sites for hydroxylation is 2. The molecule has 0 amide bonds. The van der Waals surface area contributed by atoms with Crippen LogP contribution in [0.1, 0.15) is 21.5 Å². The van der Waals surface area contributed by atoms with Crippen molar-refractivity contribution in [1.82, 2.24) is 9.13 Å². The van der Waals surface area contributed by atoms with E-state index in [9.17, 15) is 14.9 Å². The first-order valence-corrected chi connectivity index (χ1v) is 7.53. The van der Waals surface area contributed by atoms with E-state index in [1.807, 2.05) is 18.2 Å². The maximum Gasteiger partial charge on any atom is 0.335 e. The molecule has 3 rings (SSSR count). The largest absolute Gasteiger partial charge is 0.478 e. The van der Waals surface area contributed by atoms with E-state index in [0.717, 1.165) is 16.6 Å². The summed E-state index contributed by atoms with van der Waals surface area (Å²) in [5.41, 5.74) is 3.48. The third kappa shape index (κ3) is 2.83. The molecule has 2 aromatic carbocycles. The van der Waals surface area contributed by atoms with Crippen LogP contribution in [0.3, 0.4) is 0 Å². The van der Waals surface area contributed by atoms with Gasteiger partial charge in [-0.25, -0.2) is 9.59 Å². The van der Waals surface area contributed by atoms with E-state index in [1.165, 1.54) is 12.1 Å². The minimum absolute atomic E-state index is 0.110. The van der Waals surface area contributed by atoms with Crippen molar-refractivity contribution in [1.29, 1.82) is 5.26 Å². The van der Waals surface area contributed by atoms with Gasteiger partial charge in [-0.2, -0.15) is 5.26 Å². The zero-order chi connectivity index (χ0) is 18.1. The lowest BCUT2D eigenvalue weighted by atomic mass is 10.0. The average molecular weight is 333 g/mol. The van der Waals surface area contributed by atoms with Gasteiger partial charge in [-0.15, -0.1) is 0 Å². The molecular weight excluding hydrogens is 318 g/mol. The third-order valence-electron chi connectivity index (χ3n) is 4.17. The Bertz CT molecular complexity index is 1110. The number of rotatable bonds is 3. The van der Waals surface area contributed by atoms with Crippen LogP contribution in [-0.4, -0.2) is 20.2 Å². The van der Waals surface area contributed by atoms with Crippen LogP contribution in [0.25, 0.3) is 22.7 Å². The van der Waals surface area contributed by atoms with Gasteiger partial charge < -0.3 is 5.11 Å². The molecule has 0 spiro atoms. The molecule has 6 heteroatoms. The van der Waals surface area contributed by atoms with E-state index in [2.05, 4.69) is 6.07 Å². The number of aromatic nitrogens is 2. The summed E-state index contributed by atoms with van der Waals surface area (Å²) in [6.45, 7) is 0. The van der Waals surface area contributed by atoms with Gasteiger partial charge in [-0.3, -0.25) is 9.13 Å². The molecule has 1 aromatic heterocycles. The van der Waals surface area contributed by atoms with Crippen LogP contribution < -0.4 is 5.69 Å². The number of imidazole rings is 1. The van der Waals surface area contributed by atoms with Crippen molar-refractivity contribution in [3.63, 3.8) is 0 Å². The molecule has 1 heterocycles. The maximum atomic E-state index is 12.0. The molecule has 1 N–H and O–H groups in total. The highest BCUT2D eigenvalue weighted by molar-refractivity contribution is 5.93. The zero-order valence-corrected chi connectivity index (χ0v) is 13.7. The van der Waals surface area contributed by atoms with Gasteiger partial charge in [0.2, 0.25) is 0 Å². The van der Waals surface area contributed by atoms with E-state index in [-0.39, 0.29) is 11.3 Å². The maximum absolute atomic E-state index is 12.0. The predicted octanol–water partition coefficient (Wildman–Crippen LogP) is 2.64. The first-order valence-electron chi connectivity index (χ1n) is 7.53. The van der Waals surface area contributed by atoms with Crippen molar-refractivity contribution < 1.29 is 9.90 Å². The molecule has 6 nitrogen and oxygen atoms in total. The number of nitrogens with zero attached hydrogens (tertiary/aromatic N) is 3. The van der Waals surface area contributed by atoms with Gasteiger partial charge in [0.05, 0.1) is 28.2 Å². The minimum atomic E-state index is -1.01. The highest BCUT2D eigenvalue weighted by atomic mass is 16.4. The van der Waals surface area contributed by atoms with Crippen molar-refractivity contribution in [2.24, 2.45) is 14.1 Å². The van der Waals surface area contributed by atoms with Gasteiger partial charge in [0, 0.05) is 14.1 Å². The number of carboxylic acid groups (broad SMARTS) is 1. The molecule has 25 heavy (non-hydrogen) atoms. The van der Waals surface area contributed by atoms with Crippen molar-refractivity contribution in [2.75, 3.05) is 0 Å². The van der Waals surface area contributed by atoms with Gasteiger partial charge in [-0.05, 0) is 41.5 Å². The third-order valence-corrected chi connectivity index (χ3v) is 4.17. The molecule has 0 aliphatic rings. The summed E-state index contributed by atoms with van der Waals surface area (Å²) in [6.07, 6.45) is 1.71. The van der Waals surface area contributed by atoms with Crippen LogP contribution in [0, 0.1) is 11.3 Å². The topological polar surface area (TPSA) is 88.0 Å². The average Bonchev–Trinajstić information content (AvgIpc) is 2.84. The quantitative estimate of drug-likeness (QED) is 0.589. The minimum Gasteiger partial charge on any atom is -0.478 e. The van der Waals surface area contributed by atoms with Crippen LogP contribution in [0.5, 0.6) is 0 Å². The molecule has 124 valence electrons. The Hall–Kier alpha value is -3.59. The summed E-state index contributed by atoms with van der Waals surface area (Å²) in [5.74, 6) is -1.01. The number of hydrogen-bond acceptors (Lipinski definition) is 3. The van der Waals surface area contributed by atoms with Gasteiger partial charge in [0.15, 0.2) is 0 Å². The number of allylic oxidation sites excluding steroid dienone is 1. The Morgan fingerprint density at radius 2 is 1.64 bits per heavy atom. The van der Waals surface area contributed by atoms with Crippen molar-refractivity contribution in [3.8, 4) is 6.07 Å². The highest BCUT2D eigenvalue weighted by Crippen LogP contribution is 2.21. The first kappa shape index (κ1) is 16.3. The summed E-state index contributed by atoms with van der Waals surface area (Å²) in [5, 5.41) is 18.4. The summed E-state index contributed by atoms with van der Waals surface area (Å²) in [4.78, 5) is 22.9. The summed E-state index contributed by atoms with van der Waals surface area (Å²) in [6, 6.07) is 13.8. The Morgan fingerprint density at radius 3 is 2.24 bits per heavy atom. The van der Waals surface area contributed by atoms with Crippen molar-refractivity contribution in [2.45, 2.75) is 0 Å². The number of carbonyl (C=O) groups is 1. The van der Waals surface area contributed by atoms with Crippen molar-refractivity contribution in [3.05, 3.63) is 69.6 Å². The lowest BCUT2D eigenvalue weighted by Crippen LogP contribution is -2.19. The molecule has 0 bridgehead atoms. The van der Waals surface area contributed by atoms with Crippen molar-refractivity contribution >= 4 is 28.7 Å². The van der Waals surface area contributed by atoms with Gasteiger partial charge >= 0.3 is 11.7 Å². The Kier molecular flexibility index (Phi) is 3.99. The second kappa shape index (κ2) is 6.13. The van der Waals surface area contributed by atoms with Gasteiger partial charge in [-0.1, -0.05) is 18.2 Å². The van der Waals surface area contributed by atoms with E-state index in [0.29, 0.717) is 11.1 Å². The number of fused-ring (bicyclic) bond motifs is 1. The summed E-state index contributed by atoms with van der Waals surface area (Å²) in [7, 11) is 3.42. The number of aromatic carboxylic acids is 1. The molecule has 0 aliphatic heterocycles. The SMILES string of the molecule is Cn1c(=O)n(C)c2cc(/C=C(/C#N)c3ccc(C(=O)O)cc3)ccc21. The van der Waals surface area contributed by atoms with Crippen LogP contribution in [0.2, 0.25) is 0 Å². The molecular formula is C19H15N3O3. The molecule has 0 saturated heterocycles. The monoisotopic (exact) mass is 333 g/mol. The lowest BCUT2D eigenvalue weighted by Gasteiger charge is -2.02. The molecule has 0 aliphatic carbocycles. The molecule has 0 unspecified atom stereocenters. The Balaban J connectivity index is 2.07. The molecule has 0 radical (unpaired) electrons. The molecule has 0 atom stereocenters. The summed E-state index contributed by atoms with van der Waals surface area (Å²) >= 11 is 0. The van der Waals surface area contributed by atoms with E-state index < -0.39 is 5.97 Å². The van der Waals surface area contributed by atoms with Gasteiger partial charge in [0.25, 0.3) is 0 Å².